The van der Waals surface area contributed by atoms with Gasteiger partial charge in [-0.05, 0) is 24.3 Å². The van der Waals surface area contributed by atoms with E-state index in [0.29, 0.717) is 10.8 Å². The number of hydrogen-bond acceptors (Lipinski definition) is 5. The quantitative estimate of drug-likeness (QED) is 0.639. The van der Waals surface area contributed by atoms with Crippen molar-refractivity contribution in [3.05, 3.63) is 40.4 Å². The van der Waals surface area contributed by atoms with Crippen LogP contribution in [0.1, 0.15) is 4.88 Å². The molecular weight excluding hydrogens is 298 g/mol. The molecule has 0 N–H and O–H groups in total. The Bertz CT molecular complexity index is 652. The number of benzene rings is 1. The van der Waals surface area contributed by atoms with Gasteiger partial charge in [-0.25, -0.2) is 9.78 Å². The highest BCUT2D eigenvalue weighted by Gasteiger charge is 2.09. The predicted molar refractivity (Wildman–Crippen MR) is 80.2 cm³/mol. The Kier molecular flexibility index (Phi) is 4.76. The van der Waals surface area contributed by atoms with E-state index in [-0.39, 0.29) is 0 Å². The first-order valence-corrected chi connectivity index (χ1v) is 6.89. The maximum absolute atomic E-state index is 11.0. The Balaban J connectivity index is 2.24. The van der Waals surface area contributed by atoms with Crippen LogP contribution < -0.4 is 4.74 Å². The van der Waals surface area contributed by atoms with E-state index in [0.717, 1.165) is 15.4 Å². The largest absolute Gasteiger partial charge is 0.497 e. The number of ether oxygens (including phenoxy) is 2. The van der Waals surface area contributed by atoms with E-state index >= 15 is 0 Å². The monoisotopic (exact) mass is 309 g/mol. The second kappa shape index (κ2) is 6.54. The summed E-state index contributed by atoms with van der Waals surface area (Å²) in [6, 6.07) is 5.42. The molecule has 20 heavy (non-hydrogen) atoms. The first-order valence-electron chi connectivity index (χ1n) is 5.70. The van der Waals surface area contributed by atoms with Crippen LogP contribution in [0.3, 0.4) is 0 Å². The van der Waals surface area contributed by atoms with Crippen molar-refractivity contribution < 1.29 is 14.3 Å². The van der Waals surface area contributed by atoms with E-state index in [4.69, 9.17) is 16.3 Å². The SMILES string of the molecule is COC(=O)/C=C/c1cnc(-c2ccc(OC)cc2Cl)s1. The van der Waals surface area contributed by atoms with Gasteiger partial charge in [0.15, 0.2) is 0 Å². The molecule has 0 saturated heterocycles. The number of thiazole rings is 1. The van der Waals surface area contributed by atoms with Crippen LogP contribution in [0, 0.1) is 0 Å². The molecule has 0 aliphatic heterocycles. The standard InChI is InChI=1S/C14H12ClNO3S/c1-18-9-3-5-11(12(15)7-9)14-16-8-10(20-14)4-6-13(17)19-2/h3-8H,1-2H3/b6-4+. The van der Waals surface area contributed by atoms with E-state index < -0.39 is 5.97 Å². The van der Waals surface area contributed by atoms with Crippen LogP contribution in [0.5, 0.6) is 5.75 Å². The van der Waals surface area contributed by atoms with Gasteiger partial charge in [0.25, 0.3) is 0 Å². The summed E-state index contributed by atoms with van der Waals surface area (Å²) in [5, 5.41) is 1.35. The normalized spacial score (nSPS) is 10.8. The molecule has 2 aromatic rings. The number of aromatic nitrogens is 1. The van der Waals surface area contributed by atoms with E-state index in [1.165, 1.54) is 24.5 Å². The number of nitrogens with zero attached hydrogens (tertiary/aromatic N) is 1. The fourth-order valence-electron chi connectivity index (χ4n) is 1.50. The van der Waals surface area contributed by atoms with Crippen LogP contribution >= 0.6 is 22.9 Å². The van der Waals surface area contributed by atoms with E-state index in [1.807, 2.05) is 12.1 Å². The Hall–Kier alpha value is -1.85. The smallest absolute Gasteiger partial charge is 0.330 e. The van der Waals surface area contributed by atoms with E-state index in [1.54, 1.807) is 25.4 Å². The molecule has 0 amide bonds. The third kappa shape index (κ3) is 3.37. The van der Waals surface area contributed by atoms with Gasteiger partial charge >= 0.3 is 5.97 Å². The number of carbonyl (C=O) groups is 1. The lowest BCUT2D eigenvalue weighted by Gasteiger charge is -2.03. The molecule has 104 valence electrons. The van der Waals surface area contributed by atoms with Crippen LogP contribution in [0.2, 0.25) is 5.02 Å². The van der Waals surface area contributed by atoms with Crippen LogP contribution in [-0.2, 0) is 9.53 Å². The first-order chi connectivity index (χ1) is 9.63. The van der Waals surface area contributed by atoms with Crippen molar-refractivity contribution in [2.45, 2.75) is 0 Å². The topological polar surface area (TPSA) is 48.4 Å². The molecule has 1 heterocycles. The molecule has 0 aliphatic carbocycles. The molecule has 2 rings (SSSR count). The maximum atomic E-state index is 11.0. The number of carbonyl (C=O) groups excluding carboxylic acids is 1. The Labute approximate surface area is 125 Å². The lowest BCUT2D eigenvalue weighted by atomic mass is 10.2. The molecule has 0 unspecified atom stereocenters. The number of esters is 1. The summed E-state index contributed by atoms with van der Waals surface area (Å²) in [4.78, 5) is 16.2. The lowest BCUT2D eigenvalue weighted by molar-refractivity contribution is -0.134. The Morgan fingerprint density at radius 3 is 2.85 bits per heavy atom. The zero-order valence-electron chi connectivity index (χ0n) is 10.9. The van der Waals surface area contributed by atoms with Crippen molar-refractivity contribution in [1.29, 1.82) is 0 Å². The fraction of sp³-hybridized carbons (Fsp3) is 0.143. The minimum Gasteiger partial charge on any atom is -0.497 e. The fourth-order valence-corrected chi connectivity index (χ4v) is 2.68. The molecule has 0 spiro atoms. The lowest BCUT2D eigenvalue weighted by Crippen LogP contribution is -1.92. The van der Waals surface area contributed by atoms with Gasteiger partial charge in [0.1, 0.15) is 10.8 Å². The molecule has 6 heteroatoms. The van der Waals surface area contributed by atoms with Crippen molar-refractivity contribution in [1.82, 2.24) is 4.98 Å². The van der Waals surface area contributed by atoms with E-state index in [9.17, 15) is 4.79 Å². The Morgan fingerprint density at radius 2 is 2.20 bits per heavy atom. The molecule has 0 radical (unpaired) electrons. The van der Waals surface area contributed by atoms with Crippen LogP contribution in [0.4, 0.5) is 0 Å². The molecule has 4 nitrogen and oxygen atoms in total. The van der Waals surface area contributed by atoms with E-state index in [2.05, 4.69) is 9.72 Å². The number of rotatable bonds is 4. The summed E-state index contributed by atoms with van der Waals surface area (Å²) in [6.45, 7) is 0. The van der Waals surface area contributed by atoms with Crippen molar-refractivity contribution >= 4 is 35.0 Å². The van der Waals surface area contributed by atoms with Crippen molar-refractivity contribution in [2.75, 3.05) is 14.2 Å². The summed E-state index contributed by atoms with van der Waals surface area (Å²) in [6.07, 6.45) is 4.69. The summed E-state index contributed by atoms with van der Waals surface area (Å²) >= 11 is 7.63. The molecule has 1 aromatic carbocycles. The summed E-state index contributed by atoms with van der Waals surface area (Å²) in [5.74, 6) is 0.295. The van der Waals surface area contributed by atoms with Gasteiger partial charge in [0, 0.05) is 22.7 Å². The maximum Gasteiger partial charge on any atom is 0.330 e. The van der Waals surface area contributed by atoms with Crippen LogP contribution in [-0.4, -0.2) is 25.2 Å². The molecule has 0 atom stereocenters. The van der Waals surface area contributed by atoms with Gasteiger partial charge in [0.2, 0.25) is 0 Å². The van der Waals surface area contributed by atoms with Crippen molar-refractivity contribution in [2.24, 2.45) is 0 Å². The highest BCUT2D eigenvalue weighted by Crippen LogP contribution is 2.33. The van der Waals surface area contributed by atoms with Gasteiger partial charge < -0.3 is 9.47 Å². The highest BCUT2D eigenvalue weighted by atomic mass is 35.5. The number of methoxy groups -OCH3 is 2. The van der Waals surface area contributed by atoms with Crippen molar-refractivity contribution in [3.8, 4) is 16.3 Å². The van der Waals surface area contributed by atoms with Crippen LogP contribution in [0.15, 0.2) is 30.5 Å². The molecular formula is C14H12ClNO3S. The van der Waals surface area contributed by atoms with Gasteiger partial charge in [-0.2, -0.15) is 0 Å². The molecule has 1 aromatic heterocycles. The minimum absolute atomic E-state index is 0.401. The molecule has 0 bridgehead atoms. The predicted octanol–water partition coefficient (Wildman–Crippen LogP) is 3.66. The summed E-state index contributed by atoms with van der Waals surface area (Å²) in [7, 11) is 2.92. The van der Waals surface area contributed by atoms with Gasteiger partial charge in [0.05, 0.1) is 19.2 Å². The van der Waals surface area contributed by atoms with Crippen molar-refractivity contribution in [3.63, 3.8) is 0 Å². The second-order valence-electron chi connectivity index (χ2n) is 3.77. The third-order valence-electron chi connectivity index (χ3n) is 2.52. The highest BCUT2D eigenvalue weighted by molar-refractivity contribution is 7.15. The molecule has 0 aliphatic rings. The average Bonchev–Trinajstić information content (AvgIpc) is 2.93. The van der Waals surface area contributed by atoms with Gasteiger partial charge in [-0.3, -0.25) is 0 Å². The first kappa shape index (κ1) is 14.6. The number of hydrogen-bond donors (Lipinski definition) is 0. The zero-order valence-corrected chi connectivity index (χ0v) is 12.5. The summed E-state index contributed by atoms with van der Waals surface area (Å²) < 4.78 is 9.64. The summed E-state index contributed by atoms with van der Waals surface area (Å²) in [5.41, 5.74) is 0.829. The van der Waals surface area contributed by atoms with Gasteiger partial charge in [-0.1, -0.05) is 11.6 Å². The second-order valence-corrected chi connectivity index (χ2v) is 5.24. The zero-order chi connectivity index (χ0) is 14.5. The van der Waals surface area contributed by atoms with Crippen LogP contribution in [0.25, 0.3) is 16.6 Å². The van der Waals surface area contributed by atoms with Gasteiger partial charge in [-0.15, -0.1) is 11.3 Å². The number of halogens is 1. The Morgan fingerprint density at radius 1 is 1.40 bits per heavy atom. The molecule has 0 saturated carbocycles. The average molecular weight is 310 g/mol. The minimum atomic E-state index is -0.401. The molecule has 0 fully saturated rings. The third-order valence-corrected chi connectivity index (χ3v) is 3.82.